The standard InChI is InChI=1S/C24H22Cl2N2O2/c1-4-16-5-8-22-19(15(16)2)13-17(27(22)3)14-20-21(25)7-6-18(23(20)26)24(29)28-9-11-30-12-10-28/h1,5-8,13H,9-12,14H2,2-3H3. The van der Waals surface area contributed by atoms with Gasteiger partial charge in [-0.1, -0.05) is 29.1 Å². The molecule has 0 atom stereocenters. The molecule has 6 heteroatoms. The van der Waals surface area contributed by atoms with E-state index in [-0.39, 0.29) is 5.91 Å². The molecule has 1 fully saturated rings. The van der Waals surface area contributed by atoms with E-state index in [0.29, 0.717) is 48.3 Å². The van der Waals surface area contributed by atoms with E-state index < -0.39 is 0 Å². The molecular weight excluding hydrogens is 419 g/mol. The molecule has 0 radical (unpaired) electrons. The number of benzene rings is 2. The van der Waals surface area contributed by atoms with Gasteiger partial charge >= 0.3 is 0 Å². The van der Waals surface area contributed by atoms with Crippen molar-refractivity contribution in [2.45, 2.75) is 13.3 Å². The molecule has 2 heterocycles. The van der Waals surface area contributed by atoms with E-state index in [1.165, 1.54) is 0 Å². The second-order valence-corrected chi connectivity index (χ2v) is 8.26. The fourth-order valence-electron chi connectivity index (χ4n) is 3.98. The zero-order valence-corrected chi connectivity index (χ0v) is 18.5. The maximum Gasteiger partial charge on any atom is 0.255 e. The van der Waals surface area contributed by atoms with Gasteiger partial charge in [0.2, 0.25) is 0 Å². The molecule has 1 aromatic heterocycles. The van der Waals surface area contributed by atoms with Crippen LogP contribution in [0.1, 0.15) is 32.7 Å². The Hall–Kier alpha value is -2.45. The number of fused-ring (bicyclic) bond motifs is 1. The highest BCUT2D eigenvalue weighted by atomic mass is 35.5. The largest absolute Gasteiger partial charge is 0.378 e. The maximum atomic E-state index is 13.0. The van der Waals surface area contributed by atoms with Crippen molar-refractivity contribution in [3.63, 3.8) is 0 Å². The van der Waals surface area contributed by atoms with Gasteiger partial charge in [-0.3, -0.25) is 4.79 Å². The first-order chi connectivity index (χ1) is 14.4. The van der Waals surface area contributed by atoms with Crippen molar-refractivity contribution in [2.75, 3.05) is 26.3 Å². The van der Waals surface area contributed by atoms with Crippen molar-refractivity contribution in [3.05, 3.63) is 68.3 Å². The van der Waals surface area contributed by atoms with Crippen molar-refractivity contribution in [1.29, 1.82) is 0 Å². The number of morpholine rings is 1. The number of aryl methyl sites for hydroxylation is 2. The first kappa shape index (κ1) is 20.8. The highest BCUT2D eigenvalue weighted by Crippen LogP contribution is 2.33. The summed E-state index contributed by atoms with van der Waals surface area (Å²) in [6.45, 7) is 4.24. The molecule has 3 aromatic rings. The fourth-order valence-corrected chi connectivity index (χ4v) is 4.56. The van der Waals surface area contributed by atoms with E-state index in [1.54, 1.807) is 17.0 Å². The molecular formula is C24H22Cl2N2O2. The Morgan fingerprint density at radius 2 is 1.93 bits per heavy atom. The number of hydrogen-bond acceptors (Lipinski definition) is 2. The second-order valence-electron chi connectivity index (χ2n) is 7.48. The van der Waals surface area contributed by atoms with E-state index in [2.05, 4.69) is 16.6 Å². The topological polar surface area (TPSA) is 34.5 Å². The zero-order valence-electron chi connectivity index (χ0n) is 17.0. The monoisotopic (exact) mass is 440 g/mol. The molecule has 30 heavy (non-hydrogen) atoms. The van der Waals surface area contributed by atoms with Gasteiger partial charge in [0.15, 0.2) is 0 Å². The summed E-state index contributed by atoms with van der Waals surface area (Å²) in [5.74, 6) is 2.64. The van der Waals surface area contributed by atoms with E-state index >= 15 is 0 Å². The second kappa shape index (κ2) is 8.35. The fraction of sp³-hybridized carbons (Fsp3) is 0.292. The molecule has 154 valence electrons. The van der Waals surface area contributed by atoms with Gasteiger partial charge in [0.1, 0.15) is 0 Å². The van der Waals surface area contributed by atoms with Gasteiger partial charge < -0.3 is 14.2 Å². The summed E-state index contributed by atoms with van der Waals surface area (Å²) >= 11 is 13.2. The Balaban J connectivity index is 1.73. The van der Waals surface area contributed by atoms with E-state index in [4.69, 9.17) is 34.4 Å². The summed E-state index contributed by atoms with van der Waals surface area (Å²) in [6, 6.07) is 9.57. The molecule has 1 aliphatic rings. The molecule has 0 saturated carbocycles. The number of aromatic nitrogens is 1. The molecule has 4 rings (SSSR count). The summed E-state index contributed by atoms with van der Waals surface area (Å²) in [4.78, 5) is 14.7. The number of ether oxygens (including phenoxy) is 1. The van der Waals surface area contributed by atoms with Crippen LogP contribution in [0.5, 0.6) is 0 Å². The summed E-state index contributed by atoms with van der Waals surface area (Å²) in [6.07, 6.45) is 6.13. The lowest BCUT2D eigenvalue weighted by Crippen LogP contribution is -2.40. The number of nitrogens with zero attached hydrogens (tertiary/aromatic N) is 2. The molecule has 0 aliphatic carbocycles. The minimum atomic E-state index is -0.0900. The van der Waals surface area contributed by atoms with Crippen molar-refractivity contribution in [3.8, 4) is 12.3 Å². The molecule has 1 aliphatic heterocycles. The van der Waals surface area contributed by atoms with Crippen LogP contribution in [0.2, 0.25) is 10.0 Å². The number of hydrogen-bond donors (Lipinski definition) is 0. The normalized spacial score (nSPS) is 14.2. The average Bonchev–Trinajstić information content (AvgIpc) is 3.08. The third-order valence-electron chi connectivity index (χ3n) is 5.82. The SMILES string of the molecule is C#Cc1ccc2c(cc(Cc3c(Cl)ccc(C(=O)N4CCOCC4)c3Cl)n2C)c1C. The van der Waals surface area contributed by atoms with Crippen LogP contribution < -0.4 is 0 Å². The zero-order chi connectivity index (χ0) is 21.4. The van der Waals surface area contributed by atoms with Gasteiger partial charge in [-0.15, -0.1) is 6.42 Å². The maximum absolute atomic E-state index is 13.0. The molecule has 2 aromatic carbocycles. The van der Waals surface area contributed by atoms with Crippen molar-refractivity contribution in [2.24, 2.45) is 7.05 Å². The van der Waals surface area contributed by atoms with Crippen molar-refractivity contribution < 1.29 is 9.53 Å². The smallest absolute Gasteiger partial charge is 0.255 e. The van der Waals surface area contributed by atoms with Crippen molar-refractivity contribution in [1.82, 2.24) is 9.47 Å². The predicted octanol–water partition coefficient (Wildman–Crippen LogP) is 4.84. The third-order valence-corrected chi connectivity index (χ3v) is 6.61. The molecule has 0 unspecified atom stereocenters. The summed E-state index contributed by atoms with van der Waals surface area (Å²) in [5, 5.41) is 2.06. The van der Waals surface area contributed by atoms with Gasteiger partial charge in [0, 0.05) is 53.7 Å². The minimum absolute atomic E-state index is 0.0900. The number of halogens is 2. The molecule has 0 N–H and O–H groups in total. The van der Waals surface area contributed by atoms with E-state index in [0.717, 1.165) is 33.3 Å². The van der Waals surface area contributed by atoms with Crippen LogP contribution in [0, 0.1) is 19.3 Å². The molecule has 4 nitrogen and oxygen atoms in total. The first-order valence-corrected chi connectivity index (χ1v) is 10.6. The number of terminal acetylenes is 1. The lowest BCUT2D eigenvalue weighted by molar-refractivity contribution is 0.0303. The van der Waals surface area contributed by atoms with Crippen LogP contribution in [0.4, 0.5) is 0 Å². The lowest BCUT2D eigenvalue weighted by Gasteiger charge is -2.27. The Morgan fingerprint density at radius 3 is 2.63 bits per heavy atom. The van der Waals surface area contributed by atoms with Gasteiger partial charge in [0.25, 0.3) is 5.91 Å². The Labute approximate surface area is 186 Å². The highest BCUT2D eigenvalue weighted by molar-refractivity contribution is 6.38. The van der Waals surface area contributed by atoms with Gasteiger partial charge in [0.05, 0.1) is 23.8 Å². The quantitative estimate of drug-likeness (QED) is 0.546. The number of carbonyl (C=O) groups is 1. The van der Waals surface area contributed by atoms with Gasteiger partial charge in [-0.2, -0.15) is 0 Å². The van der Waals surface area contributed by atoms with Crippen LogP contribution in [-0.2, 0) is 18.2 Å². The number of rotatable bonds is 3. The molecule has 0 bridgehead atoms. The Morgan fingerprint density at radius 1 is 1.20 bits per heavy atom. The average molecular weight is 441 g/mol. The molecule has 1 saturated heterocycles. The minimum Gasteiger partial charge on any atom is -0.378 e. The summed E-state index contributed by atoms with van der Waals surface area (Å²) < 4.78 is 7.46. The molecule has 1 amide bonds. The van der Waals surface area contributed by atoms with Crippen LogP contribution in [0.15, 0.2) is 30.3 Å². The predicted molar refractivity (Wildman–Crippen MR) is 122 cm³/mol. The number of amides is 1. The van der Waals surface area contributed by atoms with Crippen LogP contribution in [0.3, 0.4) is 0 Å². The van der Waals surface area contributed by atoms with Gasteiger partial charge in [-0.25, -0.2) is 0 Å². The summed E-state index contributed by atoms with van der Waals surface area (Å²) in [5.41, 5.74) is 5.32. The Kier molecular flexibility index (Phi) is 5.79. The van der Waals surface area contributed by atoms with Crippen LogP contribution in [0.25, 0.3) is 10.9 Å². The first-order valence-electron chi connectivity index (χ1n) is 9.80. The Bertz CT molecular complexity index is 1180. The van der Waals surface area contributed by atoms with Crippen LogP contribution in [-0.4, -0.2) is 41.7 Å². The van der Waals surface area contributed by atoms with Crippen LogP contribution >= 0.6 is 23.2 Å². The van der Waals surface area contributed by atoms with E-state index in [9.17, 15) is 4.79 Å². The summed E-state index contributed by atoms with van der Waals surface area (Å²) in [7, 11) is 2.01. The molecule has 0 spiro atoms. The van der Waals surface area contributed by atoms with Gasteiger partial charge in [-0.05, 0) is 48.4 Å². The highest BCUT2D eigenvalue weighted by Gasteiger charge is 2.23. The van der Waals surface area contributed by atoms with Crippen molar-refractivity contribution >= 4 is 40.0 Å². The number of carbonyl (C=O) groups excluding carboxylic acids is 1. The third kappa shape index (κ3) is 3.58. The van der Waals surface area contributed by atoms with E-state index in [1.807, 2.05) is 26.1 Å². The lowest BCUT2D eigenvalue weighted by atomic mass is 10.0.